The van der Waals surface area contributed by atoms with Crippen molar-refractivity contribution in [3.63, 3.8) is 0 Å². The Hall–Kier alpha value is -2.55. The summed E-state index contributed by atoms with van der Waals surface area (Å²) in [6, 6.07) is 0. The summed E-state index contributed by atoms with van der Waals surface area (Å²) < 4.78 is 33.3. The second kappa shape index (κ2) is 78.4. The van der Waals surface area contributed by atoms with Crippen LogP contribution in [0.4, 0.5) is 0 Å². The number of carbonyl (C=O) groups excluding carboxylic acids is 2. The normalized spacial score (nSPS) is 13.2. The minimum absolute atomic E-state index is 0.0543. The zero-order valence-electron chi connectivity index (χ0n) is 61.5. The number of hydrogen-bond donors (Lipinski definition) is 2. The molecular formula is C83H154NO8P. The van der Waals surface area contributed by atoms with Gasteiger partial charge in [0.05, 0.1) is 13.2 Å². The maximum atomic E-state index is 12.8. The summed E-state index contributed by atoms with van der Waals surface area (Å²) in [6.45, 7) is 3.70. The summed E-state index contributed by atoms with van der Waals surface area (Å²) in [5.41, 5.74) is 5.42. The molecule has 0 radical (unpaired) electrons. The van der Waals surface area contributed by atoms with Crippen LogP contribution in [0.3, 0.4) is 0 Å². The summed E-state index contributed by atoms with van der Waals surface area (Å²) in [5, 5.41) is 0. The van der Waals surface area contributed by atoms with E-state index in [-0.39, 0.29) is 38.6 Å². The van der Waals surface area contributed by atoms with Crippen LogP contribution in [0.25, 0.3) is 0 Å². The van der Waals surface area contributed by atoms with E-state index in [9.17, 15) is 19.0 Å². The molecule has 2 atom stereocenters. The van der Waals surface area contributed by atoms with E-state index in [0.717, 1.165) is 70.6 Å². The van der Waals surface area contributed by atoms with Gasteiger partial charge in [-0.1, -0.05) is 389 Å². The van der Waals surface area contributed by atoms with Crippen molar-refractivity contribution in [3.05, 3.63) is 72.9 Å². The minimum atomic E-state index is -4.40. The zero-order chi connectivity index (χ0) is 67.2. The van der Waals surface area contributed by atoms with Crippen molar-refractivity contribution in [3.8, 4) is 0 Å². The highest BCUT2D eigenvalue weighted by molar-refractivity contribution is 7.47. The maximum Gasteiger partial charge on any atom is 0.472 e. The van der Waals surface area contributed by atoms with E-state index in [0.29, 0.717) is 6.42 Å². The number of allylic oxidation sites excluding steroid dienone is 12. The topological polar surface area (TPSA) is 134 Å². The second-order valence-electron chi connectivity index (χ2n) is 27.3. The third kappa shape index (κ3) is 78.3. The third-order valence-electron chi connectivity index (χ3n) is 18.1. The Labute approximate surface area is 577 Å². The van der Waals surface area contributed by atoms with E-state index in [1.54, 1.807) is 0 Å². The number of hydrogen-bond acceptors (Lipinski definition) is 8. The molecule has 0 aliphatic heterocycles. The molecule has 0 fully saturated rings. The van der Waals surface area contributed by atoms with Crippen molar-refractivity contribution in [1.82, 2.24) is 0 Å². The Morgan fingerprint density at radius 2 is 0.591 bits per heavy atom. The van der Waals surface area contributed by atoms with Crippen LogP contribution in [-0.2, 0) is 32.7 Å². The lowest BCUT2D eigenvalue weighted by Crippen LogP contribution is -2.29. The lowest BCUT2D eigenvalue weighted by atomic mass is 10.0. The number of phosphoric ester groups is 1. The number of nitrogens with two attached hydrogens (primary N) is 1. The number of ether oxygens (including phenoxy) is 2. The van der Waals surface area contributed by atoms with Gasteiger partial charge in [0.15, 0.2) is 6.10 Å². The Morgan fingerprint density at radius 3 is 0.892 bits per heavy atom. The molecule has 2 unspecified atom stereocenters. The Bertz CT molecular complexity index is 1760. The van der Waals surface area contributed by atoms with Gasteiger partial charge >= 0.3 is 19.8 Å². The van der Waals surface area contributed by atoms with Gasteiger partial charge in [-0.3, -0.25) is 18.6 Å². The first kappa shape index (κ1) is 90.5. The highest BCUT2D eigenvalue weighted by Crippen LogP contribution is 2.43. The number of esters is 2. The first-order valence-electron chi connectivity index (χ1n) is 40.4. The third-order valence-corrected chi connectivity index (χ3v) is 19.1. The Morgan fingerprint density at radius 1 is 0.333 bits per heavy atom. The van der Waals surface area contributed by atoms with Gasteiger partial charge in [0.1, 0.15) is 6.61 Å². The van der Waals surface area contributed by atoms with Crippen LogP contribution in [0.2, 0.25) is 0 Å². The van der Waals surface area contributed by atoms with E-state index < -0.39 is 26.5 Å². The van der Waals surface area contributed by atoms with Gasteiger partial charge in [0.2, 0.25) is 0 Å². The summed E-state index contributed by atoms with van der Waals surface area (Å²) in [6.07, 6.45) is 105. The van der Waals surface area contributed by atoms with Crippen LogP contribution in [0, 0.1) is 0 Å². The SMILES string of the molecule is CC/C=C\C/C=C\C/C=C\C/C=C\C/C=C\CCCCCCCCCCCCCCCCCCCC(=O)OC(COC(=O)CCCCCCCCCCCCCCCCCCCCCCCCCCCCC/C=C\CCCCCCCCCC)COP(=O)(O)OCCN. The van der Waals surface area contributed by atoms with Crippen molar-refractivity contribution in [2.24, 2.45) is 5.73 Å². The van der Waals surface area contributed by atoms with Crippen LogP contribution in [0.1, 0.15) is 412 Å². The lowest BCUT2D eigenvalue weighted by Gasteiger charge is -2.19. The fourth-order valence-corrected chi connectivity index (χ4v) is 12.9. The van der Waals surface area contributed by atoms with Crippen molar-refractivity contribution >= 4 is 19.8 Å². The second-order valence-corrected chi connectivity index (χ2v) is 28.7. The number of carbonyl (C=O) groups is 2. The zero-order valence-corrected chi connectivity index (χ0v) is 62.4. The van der Waals surface area contributed by atoms with Crippen molar-refractivity contribution in [2.75, 3.05) is 26.4 Å². The van der Waals surface area contributed by atoms with Crippen LogP contribution in [0.15, 0.2) is 72.9 Å². The molecule has 3 N–H and O–H groups in total. The molecule has 0 bridgehead atoms. The van der Waals surface area contributed by atoms with E-state index in [2.05, 4.69) is 86.8 Å². The van der Waals surface area contributed by atoms with Gasteiger partial charge in [-0.15, -0.1) is 0 Å². The molecule has 0 amide bonds. The Kier molecular flexibility index (Phi) is 76.3. The van der Waals surface area contributed by atoms with Crippen LogP contribution in [0.5, 0.6) is 0 Å². The smallest absolute Gasteiger partial charge is 0.462 e. The van der Waals surface area contributed by atoms with Crippen molar-refractivity contribution in [2.45, 2.75) is 418 Å². The fourth-order valence-electron chi connectivity index (χ4n) is 12.1. The molecular weight excluding hydrogens is 1170 g/mol. The van der Waals surface area contributed by atoms with Crippen LogP contribution in [-0.4, -0.2) is 49.3 Å². The van der Waals surface area contributed by atoms with E-state index in [4.69, 9.17) is 24.3 Å². The molecule has 0 heterocycles. The predicted octanol–water partition coefficient (Wildman–Crippen LogP) is 27.1. The molecule has 0 aromatic rings. The van der Waals surface area contributed by atoms with Gasteiger partial charge < -0.3 is 20.1 Å². The molecule has 0 saturated heterocycles. The summed E-state index contributed by atoms with van der Waals surface area (Å²) in [5.74, 6) is -0.807. The van der Waals surface area contributed by atoms with Gasteiger partial charge in [-0.25, -0.2) is 4.57 Å². The van der Waals surface area contributed by atoms with Gasteiger partial charge in [0, 0.05) is 19.4 Å². The molecule has 0 aliphatic rings. The quantitative estimate of drug-likeness (QED) is 0.0264. The molecule has 0 aliphatic carbocycles. The van der Waals surface area contributed by atoms with Gasteiger partial charge in [0.25, 0.3) is 0 Å². The molecule has 10 heteroatoms. The Balaban J connectivity index is 3.75. The van der Waals surface area contributed by atoms with Gasteiger partial charge in [-0.2, -0.15) is 0 Å². The molecule has 9 nitrogen and oxygen atoms in total. The monoisotopic (exact) mass is 1320 g/mol. The maximum absolute atomic E-state index is 12.8. The molecule has 93 heavy (non-hydrogen) atoms. The summed E-state index contributed by atoms with van der Waals surface area (Å²) >= 11 is 0. The average Bonchev–Trinajstić information content (AvgIpc) is 3.32. The van der Waals surface area contributed by atoms with E-state index in [1.807, 2.05) is 0 Å². The van der Waals surface area contributed by atoms with Crippen LogP contribution < -0.4 is 5.73 Å². The van der Waals surface area contributed by atoms with E-state index in [1.165, 1.54) is 308 Å². The highest BCUT2D eigenvalue weighted by atomic mass is 31.2. The first-order chi connectivity index (χ1) is 45.8. The van der Waals surface area contributed by atoms with Crippen molar-refractivity contribution < 1.29 is 37.6 Å². The molecule has 0 aromatic heterocycles. The molecule has 544 valence electrons. The number of rotatable bonds is 77. The highest BCUT2D eigenvalue weighted by Gasteiger charge is 2.26. The number of phosphoric acid groups is 1. The predicted molar refractivity (Wildman–Crippen MR) is 404 cm³/mol. The molecule has 0 aromatic carbocycles. The first-order valence-corrected chi connectivity index (χ1v) is 41.9. The van der Waals surface area contributed by atoms with Crippen LogP contribution >= 0.6 is 7.82 Å². The summed E-state index contributed by atoms with van der Waals surface area (Å²) in [4.78, 5) is 35.5. The fraction of sp³-hybridized carbons (Fsp3) is 0.831. The minimum Gasteiger partial charge on any atom is -0.462 e. The lowest BCUT2D eigenvalue weighted by molar-refractivity contribution is -0.161. The molecule has 0 spiro atoms. The molecule has 0 saturated carbocycles. The molecule has 0 rings (SSSR count). The number of unbranched alkanes of at least 4 members (excludes halogenated alkanes) is 52. The van der Waals surface area contributed by atoms with Gasteiger partial charge in [-0.05, 0) is 83.5 Å². The standard InChI is InChI=1S/C83H154NO8P/c1-3-5-7-9-11-13-15-17-19-21-23-25-27-29-31-33-35-37-38-39-40-41-42-44-45-47-49-51-53-55-57-59-61-63-65-67-69-71-73-75-82(85)89-79-81(80-91-93(87,88)90-78-77-84)92-83(86)76-74-72-70-68-66-64-62-60-58-56-54-52-50-48-46-43-36-34-32-30-28-26-24-22-20-18-16-14-12-10-8-6-4-2/h6,8,12,14,18,20-21,23-24,26,30,32,81H,3-5,7,9-11,13,15-17,19,22,25,27-29,31,33-80,84H2,1-2H3,(H,87,88)/b8-6-,14-12-,20-18-,23-21-,26-24-,32-30-. The largest absolute Gasteiger partial charge is 0.472 e. The average molecular weight is 1330 g/mol. The van der Waals surface area contributed by atoms with Crippen molar-refractivity contribution in [1.29, 1.82) is 0 Å². The summed E-state index contributed by atoms with van der Waals surface area (Å²) in [7, 11) is -4.40. The van der Waals surface area contributed by atoms with E-state index >= 15 is 0 Å².